The topological polar surface area (TPSA) is 38.8 Å². The first-order valence-electron chi connectivity index (χ1n) is 8.67. The van der Waals surface area contributed by atoms with Crippen LogP contribution in [-0.2, 0) is 20.7 Å². The third-order valence-electron chi connectivity index (χ3n) is 3.83. The molecule has 1 atom stereocenters. The molecule has 0 aliphatic heterocycles. The van der Waals surface area contributed by atoms with Gasteiger partial charge in [-0.25, -0.2) is 4.39 Å². The molecular formula is C19H30FNO3. The zero-order valence-corrected chi connectivity index (χ0v) is 15.4. The summed E-state index contributed by atoms with van der Waals surface area (Å²) in [5.41, 5.74) is 0.951. The van der Waals surface area contributed by atoms with E-state index in [1.54, 1.807) is 17.0 Å². The van der Waals surface area contributed by atoms with Crippen molar-refractivity contribution in [2.45, 2.75) is 53.4 Å². The third-order valence-corrected chi connectivity index (χ3v) is 3.83. The minimum atomic E-state index is -0.413. The molecule has 4 nitrogen and oxygen atoms in total. The number of amides is 1. The van der Waals surface area contributed by atoms with Gasteiger partial charge in [0.15, 0.2) is 6.29 Å². The van der Waals surface area contributed by atoms with Crippen LogP contribution >= 0.6 is 0 Å². The van der Waals surface area contributed by atoms with Gasteiger partial charge in [-0.1, -0.05) is 19.1 Å². The third kappa shape index (κ3) is 6.57. The van der Waals surface area contributed by atoms with Gasteiger partial charge in [0.1, 0.15) is 5.82 Å². The SMILES string of the molecule is CCOC(CN(C(=O)C(C)Cc1ccc(F)cc1)C(C)C)OCC. The molecule has 0 N–H and O–H groups in total. The minimum absolute atomic E-state index is 0.0524. The number of ether oxygens (including phenoxy) is 2. The highest BCUT2D eigenvalue weighted by atomic mass is 19.1. The summed E-state index contributed by atoms with van der Waals surface area (Å²) in [6.07, 6.45) is 0.167. The Hall–Kier alpha value is -1.46. The number of benzene rings is 1. The summed E-state index contributed by atoms with van der Waals surface area (Å²) in [6, 6.07) is 6.35. The largest absolute Gasteiger partial charge is 0.351 e. The van der Waals surface area contributed by atoms with Gasteiger partial charge in [0.25, 0.3) is 0 Å². The van der Waals surface area contributed by atoms with Crippen LogP contribution in [0.5, 0.6) is 0 Å². The fraction of sp³-hybridized carbons (Fsp3) is 0.632. The van der Waals surface area contributed by atoms with Crippen molar-refractivity contribution in [2.24, 2.45) is 5.92 Å². The van der Waals surface area contributed by atoms with Gasteiger partial charge in [0.05, 0.1) is 6.54 Å². The molecule has 0 aliphatic rings. The highest BCUT2D eigenvalue weighted by Gasteiger charge is 2.26. The van der Waals surface area contributed by atoms with Crippen molar-refractivity contribution in [1.82, 2.24) is 4.90 Å². The van der Waals surface area contributed by atoms with Crippen LogP contribution < -0.4 is 0 Å². The Bertz CT molecular complexity index is 484. The fourth-order valence-electron chi connectivity index (χ4n) is 2.59. The Kier molecular flexibility index (Phi) is 8.93. The van der Waals surface area contributed by atoms with Crippen molar-refractivity contribution in [3.63, 3.8) is 0 Å². The summed E-state index contributed by atoms with van der Waals surface area (Å²) in [5, 5.41) is 0. The van der Waals surface area contributed by atoms with Crippen molar-refractivity contribution in [1.29, 1.82) is 0 Å². The number of carbonyl (C=O) groups excluding carboxylic acids is 1. The first-order valence-corrected chi connectivity index (χ1v) is 8.67. The second-order valence-electron chi connectivity index (χ2n) is 6.16. The number of hydrogen-bond acceptors (Lipinski definition) is 3. The highest BCUT2D eigenvalue weighted by Crippen LogP contribution is 2.15. The van der Waals surface area contributed by atoms with Gasteiger partial charge in [-0.15, -0.1) is 0 Å². The van der Waals surface area contributed by atoms with E-state index < -0.39 is 6.29 Å². The lowest BCUT2D eigenvalue weighted by atomic mass is 9.99. The number of carbonyl (C=O) groups is 1. The Morgan fingerprint density at radius 3 is 2.08 bits per heavy atom. The van der Waals surface area contributed by atoms with Gasteiger partial charge in [-0.05, 0) is 51.8 Å². The molecule has 136 valence electrons. The molecule has 0 heterocycles. The zero-order chi connectivity index (χ0) is 18.1. The predicted octanol–water partition coefficient (Wildman–Crippen LogP) is 3.64. The van der Waals surface area contributed by atoms with Crippen LogP contribution in [0.3, 0.4) is 0 Å². The predicted molar refractivity (Wildman–Crippen MR) is 93.2 cm³/mol. The zero-order valence-electron chi connectivity index (χ0n) is 15.4. The van der Waals surface area contributed by atoms with Crippen molar-refractivity contribution in [3.05, 3.63) is 35.6 Å². The molecule has 24 heavy (non-hydrogen) atoms. The van der Waals surface area contributed by atoms with E-state index in [1.165, 1.54) is 12.1 Å². The molecule has 1 aromatic carbocycles. The van der Waals surface area contributed by atoms with E-state index in [0.29, 0.717) is 26.2 Å². The second-order valence-corrected chi connectivity index (χ2v) is 6.16. The average molecular weight is 339 g/mol. The number of halogens is 1. The molecule has 1 amide bonds. The Balaban J connectivity index is 2.74. The van der Waals surface area contributed by atoms with Gasteiger partial charge in [0.2, 0.25) is 5.91 Å². The van der Waals surface area contributed by atoms with Gasteiger partial charge in [-0.3, -0.25) is 4.79 Å². The standard InChI is InChI=1S/C19H30FNO3/c1-6-23-18(24-7-2)13-21(14(3)4)19(22)15(5)12-16-8-10-17(20)11-9-16/h8-11,14-15,18H,6-7,12-13H2,1-5H3. The van der Waals surface area contributed by atoms with Crippen LogP contribution in [0, 0.1) is 11.7 Å². The Labute approximate surface area is 144 Å². The lowest BCUT2D eigenvalue weighted by molar-refractivity contribution is -0.163. The molecule has 0 aromatic heterocycles. The molecule has 1 aromatic rings. The van der Waals surface area contributed by atoms with E-state index in [4.69, 9.17) is 9.47 Å². The van der Waals surface area contributed by atoms with E-state index in [2.05, 4.69) is 0 Å². The van der Waals surface area contributed by atoms with Gasteiger partial charge in [0, 0.05) is 25.2 Å². The van der Waals surface area contributed by atoms with E-state index in [9.17, 15) is 9.18 Å². The lowest BCUT2D eigenvalue weighted by Crippen LogP contribution is -2.46. The van der Waals surface area contributed by atoms with Crippen molar-refractivity contribution in [2.75, 3.05) is 19.8 Å². The highest BCUT2D eigenvalue weighted by molar-refractivity contribution is 5.79. The van der Waals surface area contributed by atoms with Crippen LogP contribution in [-0.4, -0.2) is 42.9 Å². The number of nitrogens with zero attached hydrogens (tertiary/aromatic N) is 1. The summed E-state index contributed by atoms with van der Waals surface area (Å²) < 4.78 is 24.1. The molecular weight excluding hydrogens is 309 g/mol. The maximum absolute atomic E-state index is 13.0. The molecule has 0 radical (unpaired) electrons. The molecule has 0 saturated heterocycles. The van der Waals surface area contributed by atoms with Crippen LogP contribution in [0.2, 0.25) is 0 Å². The second kappa shape index (κ2) is 10.4. The summed E-state index contributed by atoms with van der Waals surface area (Å²) >= 11 is 0. The number of rotatable bonds is 10. The van der Waals surface area contributed by atoms with Gasteiger partial charge in [-0.2, -0.15) is 0 Å². The molecule has 5 heteroatoms. The molecule has 0 fully saturated rings. The summed E-state index contributed by atoms with van der Waals surface area (Å²) in [5.74, 6) is -0.404. The Morgan fingerprint density at radius 1 is 1.08 bits per heavy atom. The summed E-state index contributed by atoms with van der Waals surface area (Å²) in [4.78, 5) is 14.6. The maximum Gasteiger partial charge on any atom is 0.226 e. The van der Waals surface area contributed by atoms with Crippen LogP contribution in [0.4, 0.5) is 4.39 Å². The molecule has 1 rings (SSSR count). The monoisotopic (exact) mass is 339 g/mol. The van der Waals surface area contributed by atoms with Crippen molar-refractivity contribution in [3.8, 4) is 0 Å². The van der Waals surface area contributed by atoms with Crippen LogP contribution in [0.1, 0.15) is 40.2 Å². The number of hydrogen-bond donors (Lipinski definition) is 0. The lowest BCUT2D eigenvalue weighted by Gasteiger charge is -2.32. The maximum atomic E-state index is 13.0. The average Bonchev–Trinajstić information content (AvgIpc) is 2.54. The molecule has 1 unspecified atom stereocenters. The van der Waals surface area contributed by atoms with Gasteiger partial charge < -0.3 is 14.4 Å². The van der Waals surface area contributed by atoms with Crippen molar-refractivity contribution >= 4 is 5.91 Å². The van der Waals surface area contributed by atoms with Crippen LogP contribution in [0.25, 0.3) is 0 Å². The first kappa shape index (κ1) is 20.6. The van der Waals surface area contributed by atoms with E-state index in [0.717, 1.165) is 5.56 Å². The molecule has 0 bridgehead atoms. The van der Waals surface area contributed by atoms with E-state index in [1.807, 2.05) is 34.6 Å². The molecule has 0 aliphatic carbocycles. The minimum Gasteiger partial charge on any atom is -0.351 e. The van der Waals surface area contributed by atoms with Crippen LogP contribution in [0.15, 0.2) is 24.3 Å². The van der Waals surface area contributed by atoms with E-state index in [-0.39, 0.29) is 23.7 Å². The van der Waals surface area contributed by atoms with E-state index >= 15 is 0 Å². The van der Waals surface area contributed by atoms with Crippen molar-refractivity contribution < 1.29 is 18.7 Å². The normalized spacial score (nSPS) is 12.7. The smallest absolute Gasteiger partial charge is 0.226 e. The fourth-order valence-corrected chi connectivity index (χ4v) is 2.59. The Morgan fingerprint density at radius 2 is 1.62 bits per heavy atom. The first-order chi connectivity index (χ1) is 11.4. The van der Waals surface area contributed by atoms with Gasteiger partial charge >= 0.3 is 0 Å². The summed E-state index contributed by atoms with van der Waals surface area (Å²) in [6.45, 7) is 11.2. The summed E-state index contributed by atoms with van der Waals surface area (Å²) in [7, 11) is 0. The molecule has 0 spiro atoms. The molecule has 0 saturated carbocycles. The quantitative estimate of drug-likeness (QED) is 0.611.